The number of aryl methyl sites for hydroxylation is 1. The quantitative estimate of drug-likeness (QED) is 0.723. The van der Waals surface area contributed by atoms with Crippen LogP contribution in [0, 0.1) is 6.92 Å². The topological polar surface area (TPSA) is 46.3 Å². The Labute approximate surface area is 104 Å². The van der Waals surface area contributed by atoms with Crippen molar-refractivity contribution in [1.29, 1.82) is 0 Å². The predicted molar refractivity (Wildman–Crippen MR) is 66.6 cm³/mol. The lowest BCUT2D eigenvalue weighted by atomic mass is 10.1. The van der Waals surface area contributed by atoms with Gasteiger partial charge in [-0.15, -0.1) is 11.6 Å². The Balaban J connectivity index is 2.06. The fraction of sp³-hybridized carbons (Fsp3) is 0.545. The smallest absolute Gasteiger partial charge is 0.254 e. The van der Waals surface area contributed by atoms with Gasteiger partial charge in [0.05, 0.1) is 5.38 Å². The number of hydrogen-bond donors (Lipinski definition) is 0. The average Bonchev–Trinajstić information content (AvgIpc) is 2.75. The van der Waals surface area contributed by atoms with Crippen molar-refractivity contribution in [2.24, 2.45) is 0 Å². The van der Waals surface area contributed by atoms with Crippen LogP contribution in [0.15, 0.2) is 12.4 Å². The number of alkyl halides is 1. The molecule has 1 saturated heterocycles. The zero-order valence-corrected chi connectivity index (χ0v) is 10.4. The van der Waals surface area contributed by atoms with Crippen molar-refractivity contribution in [2.75, 3.05) is 18.0 Å². The van der Waals surface area contributed by atoms with Crippen LogP contribution in [0.2, 0.25) is 0 Å². The maximum atomic E-state index is 6.22. The van der Waals surface area contributed by atoms with Gasteiger partial charge in [-0.05, 0) is 19.8 Å². The summed E-state index contributed by atoms with van der Waals surface area (Å²) >= 11 is 6.22. The second-order valence-electron chi connectivity index (χ2n) is 4.41. The summed E-state index contributed by atoms with van der Waals surface area (Å²) in [6.45, 7) is 3.85. The van der Waals surface area contributed by atoms with Gasteiger partial charge in [-0.25, -0.2) is 4.98 Å². The molecule has 0 bridgehead atoms. The molecular formula is C11H14ClN5. The first-order valence-corrected chi connectivity index (χ1v) is 6.24. The van der Waals surface area contributed by atoms with E-state index in [1.807, 2.05) is 13.0 Å². The molecule has 2 aromatic rings. The number of piperidine rings is 1. The van der Waals surface area contributed by atoms with Crippen LogP contribution in [0.4, 0.5) is 5.82 Å². The molecule has 0 saturated carbocycles. The lowest BCUT2D eigenvalue weighted by Crippen LogP contribution is -2.37. The summed E-state index contributed by atoms with van der Waals surface area (Å²) in [5, 5.41) is 4.44. The maximum Gasteiger partial charge on any atom is 0.254 e. The Morgan fingerprint density at radius 3 is 3.18 bits per heavy atom. The van der Waals surface area contributed by atoms with Crippen molar-refractivity contribution in [3.05, 3.63) is 18.1 Å². The van der Waals surface area contributed by atoms with Crippen molar-refractivity contribution < 1.29 is 0 Å². The van der Waals surface area contributed by atoms with Gasteiger partial charge in [-0.2, -0.15) is 14.6 Å². The van der Waals surface area contributed by atoms with Crippen molar-refractivity contribution in [3.8, 4) is 0 Å². The van der Waals surface area contributed by atoms with Gasteiger partial charge in [0.25, 0.3) is 5.78 Å². The number of halogens is 1. The third-order valence-electron chi connectivity index (χ3n) is 3.05. The predicted octanol–water partition coefficient (Wildman–Crippen LogP) is 1.64. The summed E-state index contributed by atoms with van der Waals surface area (Å²) < 4.78 is 1.78. The van der Waals surface area contributed by atoms with Gasteiger partial charge in [-0.1, -0.05) is 0 Å². The molecule has 0 spiro atoms. The maximum absolute atomic E-state index is 6.22. The SMILES string of the molecule is Cc1cc(N2CCCC(Cl)C2)n2ncnc2n1. The number of nitrogens with zero attached hydrogens (tertiary/aromatic N) is 5. The van der Waals surface area contributed by atoms with E-state index in [-0.39, 0.29) is 5.38 Å². The zero-order chi connectivity index (χ0) is 11.8. The van der Waals surface area contributed by atoms with Crippen LogP contribution in [0.1, 0.15) is 18.5 Å². The summed E-state index contributed by atoms with van der Waals surface area (Å²) in [6, 6.07) is 2.04. The van der Waals surface area contributed by atoms with E-state index >= 15 is 0 Å². The van der Waals surface area contributed by atoms with Crippen molar-refractivity contribution in [2.45, 2.75) is 25.1 Å². The second kappa shape index (κ2) is 4.14. The highest BCUT2D eigenvalue weighted by Gasteiger charge is 2.20. The van der Waals surface area contributed by atoms with Gasteiger partial charge in [0.1, 0.15) is 12.1 Å². The molecule has 1 fully saturated rings. The summed E-state index contributed by atoms with van der Waals surface area (Å²) in [5.41, 5.74) is 0.956. The van der Waals surface area contributed by atoms with Crippen LogP contribution in [0.3, 0.4) is 0 Å². The molecule has 2 aromatic heterocycles. The molecule has 1 aliphatic heterocycles. The standard InChI is InChI=1S/C11H14ClN5/c1-8-5-10(16-4-2-3-9(12)6-16)17-11(15-8)13-7-14-17/h5,7,9H,2-4,6H2,1H3. The Bertz CT molecular complexity index is 538. The Hall–Kier alpha value is -1.36. The van der Waals surface area contributed by atoms with Crippen LogP contribution < -0.4 is 4.90 Å². The van der Waals surface area contributed by atoms with Crippen molar-refractivity contribution in [3.63, 3.8) is 0 Å². The summed E-state index contributed by atoms with van der Waals surface area (Å²) in [7, 11) is 0. The first kappa shape index (κ1) is 10.8. The molecule has 5 nitrogen and oxygen atoms in total. The molecule has 0 aliphatic carbocycles. The molecule has 17 heavy (non-hydrogen) atoms. The minimum atomic E-state index is 0.218. The van der Waals surface area contributed by atoms with Crippen LogP contribution in [0.5, 0.6) is 0 Å². The van der Waals surface area contributed by atoms with E-state index in [1.165, 1.54) is 6.33 Å². The van der Waals surface area contributed by atoms with E-state index in [1.54, 1.807) is 4.52 Å². The van der Waals surface area contributed by atoms with Gasteiger partial charge in [0.15, 0.2) is 0 Å². The third kappa shape index (κ3) is 1.95. The van der Waals surface area contributed by atoms with E-state index in [2.05, 4.69) is 20.0 Å². The lowest BCUT2D eigenvalue weighted by molar-refractivity contribution is 0.574. The molecule has 1 aliphatic rings. The molecule has 3 heterocycles. The summed E-state index contributed by atoms with van der Waals surface area (Å²) in [5.74, 6) is 1.69. The van der Waals surface area contributed by atoms with Gasteiger partial charge >= 0.3 is 0 Å². The van der Waals surface area contributed by atoms with E-state index in [0.717, 1.165) is 37.4 Å². The highest BCUT2D eigenvalue weighted by molar-refractivity contribution is 6.21. The highest BCUT2D eigenvalue weighted by atomic mass is 35.5. The average molecular weight is 252 g/mol. The highest BCUT2D eigenvalue weighted by Crippen LogP contribution is 2.22. The largest absolute Gasteiger partial charge is 0.355 e. The number of fused-ring (bicyclic) bond motifs is 1. The number of anilines is 1. The monoisotopic (exact) mass is 251 g/mol. The Morgan fingerprint density at radius 1 is 1.47 bits per heavy atom. The van der Waals surface area contributed by atoms with Crippen molar-refractivity contribution in [1.82, 2.24) is 19.6 Å². The summed E-state index contributed by atoms with van der Waals surface area (Å²) in [4.78, 5) is 10.7. The molecule has 0 aromatic carbocycles. The van der Waals surface area contributed by atoms with Gasteiger partial charge < -0.3 is 4.90 Å². The molecule has 0 amide bonds. The van der Waals surface area contributed by atoms with Gasteiger partial charge in [0, 0.05) is 24.8 Å². The normalized spacial score (nSPS) is 21.1. The lowest BCUT2D eigenvalue weighted by Gasteiger charge is -2.31. The van der Waals surface area contributed by atoms with E-state index in [4.69, 9.17) is 11.6 Å². The fourth-order valence-electron chi connectivity index (χ4n) is 2.27. The molecule has 3 rings (SSSR count). The minimum absolute atomic E-state index is 0.218. The van der Waals surface area contributed by atoms with E-state index < -0.39 is 0 Å². The Morgan fingerprint density at radius 2 is 2.35 bits per heavy atom. The molecule has 1 unspecified atom stereocenters. The van der Waals surface area contributed by atoms with Crippen LogP contribution in [-0.4, -0.2) is 38.0 Å². The van der Waals surface area contributed by atoms with Crippen molar-refractivity contribution >= 4 is 23.2 Å². The minimum Gasteiger partial charge on any atom is -0.355 e. The van der Waals surface area contributed by atoms with E-state index in [9.17, 15) is 0 Å². The van der Waals surface area contributed by atoms with Crippen LogP contribution >= 0.6 is 11.6 Å². The fourth-order valence-corrected chi connectivity index (χ4v) is 2.59. The number of rotatable bonds is 1. The van der Waals surface area contributed by atoms with Crippen LogP contribution in [0.25, 0.3) is 5.78 Å². The van der Waals surface area contributed by atoms with E-state index in [0.29, 0.717) is 5.78 Å². The third-order valence-corrected chi connectivity index (χ3v) is 3.41. The summed E-state index contributed by atoms with van der Waals surface area (Å²) in [6.07, 6.45) is 3.74. The molecule has 0 N–H and O–H groups in total. The molecule has 90 valence electrons. The number of aromatic nitrogens is 4. The first-order chi connectivity index (χ1) is 8.24. The van der Waals surface area contributed by atoms with Crippen LogP contribution in [-0.2, 0) is 0 Å². The first-order valence-electron chi connectivity index (χ1n) is 5.80. The van der Waals surface area contributed by atoms with Gasteiger partial charge in [-0.3, -0.25) is 0 Å². The van der Waals surface area contributed by atoms with Gasteiger partial charge in [0.2, 0.25) is 0 Å². The molecule has 6 heteroatoms. The molecular weight excluding hydrogens is 238 g/mol. The molecule has 1 atom stereocenters. The molecule has 0 radical (unpaired) electrons. The Kier molecular flexibility index (Phi) is 2.63. The second-order valence-corrected chi connectivity index (χ2v) is 5.03. The zero-order valence-electron chi connectivity index (χ0n) is 9.67. The number of hydrogen-bond acceptors (Lipinski definition) is 4.